The molecule has 2 nitrogen and oxygen atoms in total. The van der Waals surface area contributed by atoms with Gasteiger partial charge >= 0.3 is 0 Å². The molecule has 1 unspecified atom stereocenters. The van der Waals surface area contributed by atoms with Crippen molar-refractivity contribution in [2.75, 3.05) is 13.7 Å². The quantitative estimate of drug-likeness (QED) is 0.509. The SMILES string of the molecule is COCC(C)/C=N/C=C\C(C)=C(/C)Cl. The van der Waals surface area contributed by atoms with Crippen molar-refractivity contribution >= 4 is 17.8 Å². The lowest BCUT2D eigenvalue weighted by atomic mass is 10.2. The van der Waals surface area contributed by atoms with E-state index in [0.29, 0.717) is 12.5 Å². The summed E-state index contributed by atoms with van der Waals surface area (Å²) in [7, 11) is 1.68. The highest BCUT2D eigenvalue weighted by molar-refractivity contribution is 6.29. The standard InChI is InChI=1S/C11H18ClNO/c1-9(8-14-4)7-13-6-5-10(2)11(3)12/h5-7,9H,8H2,1-4H3/b6-5-,11-10+,13-7+. The van der Waals surface area contributed by atoms with Gasteiger partial charge in [-0.2, -0.15) is 0 Å². The second kappa shape index (κ2) is 7.77. The molecule has 0 fully saturated rings. The van der Waals surface area contributed by atoms with Gasteiger partial charge in [0.15, 0.2) is 0 Å². The van der Waals surface area contributed by atoms with E-state index in [1.165, 1.54) is 0 Å². The molecule has 14 heavy (non-hydrogen) atoms. The number of aliphatic imine (C=N–C) groups is 1. The minimum Gasteiger partial charge on any atom is -0.384 e. The fourth-order valence-electron chi connectivity index (χ4n) is 0.772. The third-order valence-corrected chi connectivity index (χ3v) is 2.02. The van der Waals surface area contributed by atoms with Gasteiger partial charge in [-0.15, -0.1) is 0 Å². The number of hydrogen-bond donors (Lipinski definition) is 0. The van der Waals surface area contributed by atoms with Crippen molar-refractivity contribution in [3.8, 4) is 0 Å². The van der Waals surface area contributed by atoms with Crippen molar-refractivity contribution in [3.63, 3.8) is 0 Å². The van der Waals surface area contributed by atoms with Gasteiger partial charge in [0.25, 0.3) is 0 Å². The average Bonchev–Trinajstić information content (AvgIpc) is 2.12. The number of halogens is 1. The lowest BCUT2D eigenvalue weighted by Crippen LogP contribution is -2.03. The largest absolute Gasteiger partial charge is 0.384 e. The van der Waals surface area contributed by atoms with Crippen LogP contribution >= 0.6 is 11.6 Å². The zero-order valence-electron chi connectivity index (χ0n) is 9.25. The van der Waals surface area contributed by atoms with E-state index in [2.05, 4.69) is 11.9 Å². The number of hydrogen-bond acceptors (Lipinski definition) is 2. The van der Waals surface area contributed by atoms with Gasteiger partial charge < -0.3 is 4.74 Å². The summed E-state index contributed by atoms with van der Waals surface area (Å²) in [6.45, 7) is 6.56. The Morgan fingerprint density at radius 3 is 2.64 bits per heavy atom. The van der Waals surface area contributed by atoms with Gasteiger partial charge in [-0.1, -0.05) is 18.5 Å². The fraction of sp³-hybridized carbons (Fsp3) is 0.545. The Bertz CT molecular complexity index is 240. The Balaban J connectivity index is 3.99. The predicted molar refractivity (Wildman–Crippen MR) is 62.9 cm³/mol. The molecular weight excluding hydrogens is 198 g/mol. The van der Waals surface area contributed by atoms with Gasteiger partial charge in [0.05, 0.1) is 6.61 Å². The van der Waals surface area contributed by atoms with E-state index >= 15 is 0 Å². The zero-order chi connectivity index (χ0) is 11.0. The van der Waals surface area contributed by atoms with E-state index < -0.39 is 0 Å². The summed E-state index contributed by atoms with van der Waals surface area (Å²) < 4.78 is 4.97. The van der Waals surface area contributed by atoms with Gasteiger partial charge in [0.1, 0.15) is 0 Å². The molecule has 0 aliphatic rings. The molecule has 0 spiro atoms. The van der Waals surface area contributed by atoms with Gasteiger partial charge in [0, 0.05) is 30.5 Å². The first-order valence-corrected chi connectivity index (χ1v) is 4.97. The summed E-state index contributed by atoms with van der Waals surface area (Å²) in [6, 6.07) is 0. The third kappa shape index (κ3) is 6.87. The first-order chi connectivity index (χ1) is 6.57. The second-order valence-electron chi connectivity index (χ2n) is 3.26. The highest BCUT2D eigenvalue weighted by Crippen LogP contribution is 2.08. The minimum absolute atomic E-state index is 0.339. The van der Waals surface area contributed by atoms with E-state index in [9.17, 15) is 0 Å². The summed E-state index contributed by atoms with van der Waals surface area (Å²) in [6.07, 6.45) is 5.49. The summed E-state index contributed by atoms with van der Waals surface area (Å²) in [4.78, 5) is 4.13. The van der Waals surface area contributed by atoms with Crippen LogP contribution in [0.15, 0.2) is 27.9 Å². The Labute approximate surface area is 91.3 Å². The highest BCUT2D eigenvalue weighted by atomic mass is 35.5. The van der Waals surface area contributed by atoms with Crippen molar-refractivity contribution in [1.82, 2.24) is 0 Å². The van der Waals surface area contributed by atoms with E-state index in [1.54, 1.807) is 13.3 Å². The van der Waals surface area contributed by atoms with E-state index in [4.69, 9.17) is 16.3 Å². The van der Waals surface area contributed by atoms with Crippen LogP contribution in [0.25, 0.3) is 0 Å². The van der Waals surface area contributed by atoms with Crippen LogP contribution in [-0.4, -0.2) is 19.9 Å². The summed E-state index contributed by atoms with van der Waals surface area (Å²) in [5.41, 5.74) is 1.03. The Morgan fingerprint density at radius 2 is 2.14 bits per heavy atom. The molecule has 0 saturated carbocycles. The van der Waals surface area contributed by atoms with Crippen LogP contribution in [0, 0.1) is 5.92 Å². The maximum absolute atomic E-state index is 5.78. The number of methoxy groups -OCH3 is 1. The topological polar surface area (TPSA) is 21.6 Å². The molecule has 0 radical (unpaired) electrons. The number of nitrogens with zero attached hydrogens (tertiary/aromatic N) is 1. The zero-order valence-corrected chi connectivity index (χ0v) is 10.0. The first kappa shape index (κ1) is 13.4. The molecule has 0 aliphatic heterocycles. The van der Waals surface area contributed by atoms with Crippen LogP contribution in [0.3, 0.4) is 0 Å². The molecule has 0 aromatic rings. The van der Waals surface area contributed by atoms with Crippen LogP contribution in [0.5, 0.6) is 0 Å². The van der Waals surface area contributed by atoms with Crippen LogP contribution in [0.1, 0.15) is 20.8 Å². The van der Waals surface area contributed by atoms with Crippen LogP contribution < -0.4 is 0 Å². The molecule has 0 rings (SSSR count). The predicted octanol–water partition coefficient (Wildman–Crippen LogP) is 3.39. The number of allylic oxidation sites excluding steroid dienone is 3. The lowest BCUT2D eigenvalue weighted by Gasteiger charge is -2.00. The molecule has 0 saturated heterocycles. The molecule has 0 aromatic carbocycles. The highest BCUT2D eigenvalue weighted by Gasteiger charge is 1.93. The van der Waals surface area contributed by atoms with Gasteiger partial charge in [-0.05, 0) is 25.5 Å². The maximum atomic E-state index is 5.78. The maximum Gasteiger partial charge on any atom is 0.0537 e. The number of ether oxygens (including phenoxy) is 1. The fourth-order valence-corrected chi connectivity index (χ4v) is 0.835. The summed E-state index contributed by atoms with van der Waals surface area (Å²) in [5.74, 6) is 0.339. The van der Waals surface area contributed by atoms with E-state index in [0.717, 1.165) is 10.6 Å². The summed E-state index contributed by atoms with van der Waals surface area (Å²) >= 11 is 5.78. The smallest absolute Gasteiger partial charge is 0.0537 e. The molecule has 0 amide bonds. The van der Waals surface area contributed by atoms with E-state index in [-0.39, 0.29) is 0 Å². The van der Waals surface area contributed by atoms with Crippen LogP contribution in [-0.2, 0) is 4.74 Å². The normalized spacial score (nSPS) is 16.4. The molecule has 3 heteroatoms. The monoisotopic (exact) mass is 215 g/mol. The van der Waals surface area contributed by atoms with Gasteiger partial charge in [0.2, 0.25) is 0 Å². The molecular formula is C11H18ClNO. The lowest BCUT2D eigenvalue weighted by molar-refractivity contribution is 0.183. The molecule has 80 valence electrons. The molecule has 0 aliphatic carbocycles. The second-order valence-corrected chi connectivity index (χ2v) is 3.83. The van der Waals surface area contributed by atoms with Crippen molar-refractivity contribution in [1.29, 1.82) is 0 Å². The van der Waals surface area contributed by atoms with Gasteiger partial charge in [-0.3, -0.25) is 4.99 Å². The number of rotatable bonds is 5. The minimum atomic E-state index is 0.339. The molecule has 0 heterocycles. The molecule has 1 atom stereocenters. The van der Waals surface area contributed by atoms with Crippen molar-refractivity contribution < 1.29 is 4.74 Å². The molecule has 0 aromatic heterocycles. The van der Waals surface area contributed by atoms with Crippen LogP contribution in [0.4, 0.5) is 0 Å². The van der Waals surface area contributed by atoms with E-state index in [1.807, 2.05) is 26.1 Å². The van der Waals surface area contributed by atoms with Crippen molar-refractivity contribution in [2.24, 2.45) is 10.9 Å². The van der Waals surface area contributed by atoms with Crippen LogP contribution in [0.2, 0.25) is 0 Å². The Kier molecular flexibility index (Phi) is 7.44. The van der Waals surface area contributed by atoms with Crippen molar-refractivity contribution in [3.05, 3.63) is 22.9 Å². The third-order valence-electron chi connectivity index (χ3n) is 1.72. The Morgan fingerprint density at radius 1 is 1.50 bits per heavy atom. The molecule has 0 N–H and O–H groups in total. The molecule has 0 bridgehead atoms. The Hall–Kier alpha value is -0.600. The first-order valence-electron chi connectivity index (χ1n) is 4.59. The summed E-state index contributed by atoms with van der Waals surface area (Å²) in [5, 5.41) is 0.793. The average molecular weight is 216 g/mol. The van der Waals surface area contributed by atoms with Gasteiger partial charge in [-0.25, -0.2) is 0 Å². The van der Waals surface area contributed by atoms with Crippen molar-refractivity contribution in [2.45, 2.75) is 20.8 Å².